The summed E-state index contributed by atoms with van der Waals surface area (Å²) in [5.74, 6) is -0.0173. The zero-order chi connectivity index (χ0) is 22.2. The molecule has 0 radical (unpaired) electrons. The summed E-state index contributed by atoms with van der Waals surface area (Å²) in [5.41, 5.74) is 6.55. The molecule has 0 spiro atoms. The van der Waals surface area contributed by atoms with E-state index in [2.05, 4.69) is 45.2 Å². The molecule has 1 unspecified atom stereocenters. The summed E-state index contributed by atoms with van der Waals surface area (Å²) in [4.78, 5) is 30.9. The summed E-state index contributed by atoms with van der Waals surface area (Å²) in [7, 11) is 1.82. The number of hydrogen-bond acceptors (Lipinski definition) is 3. The van der Waals surface area contributed by atoms with Gasteiger partial charge in [0.15, 0.2) is 0 Å². The van der Waals surface area contributed by atoms with E-state index < -0.39 is 0 Å². The number of nitrogens with zero attached hydrogens (tertiary/aromatic N) is 3. The summed E-state index contributed by atoms with van der Waals surface area (Å²) in [6.07, 6.45) is 2.94. The van der Waals surface area contributed by atoms with Gasteiger partial charge in [-0.3, -0.25) is 14.2 Å². The van der Waals surface area contributed by atoms with E-state index in [-0.39, 0.29) is 17.9 Å². The molecule has 0 saturated carbocycles. The highest BCUT2D eigenvalue weighted by Crippen LogP contribution is 2.27. The Morgan fingerprint density at radius 2 is 1.84 bits per heavy atom. The van der Waals surface area contributed by atoms with Crippen LogP contribution in [0.5, 0.6) is 0 Å². The van der Waals surface area contributed by atoms with Crippen LogP contribution in [-0.4, -0.2) is 33.3 Å². The number of amides is 2. The minimum Gasteiger partial charge on any atom is -0.335 e. The third-order valence-corrected chi connectivity index (χ3v) is 6.26. The molecule has 5 rings (SSSR count). The van der Waals surface area contributed by atoms with E-state index in [0.717, 1.165) is 33.5 Å². The maximum atomic E-state index is 13.1. The molecule has 2 amide bonds. The molecule has 6 nitrogen and oxygen atoms in total. The van der Waals surface area contributed by atoms with Gasteiger partial charge in [0, 0.05) is 30.4 Å². The third-order valence-electron chi connectivity index (χ3n) is 6.26. The van der Waals surface area contributed by atoms with Gasteiger partial charge in [0.2, 0.25) is 5.91 Å². The number of para-hydroxylation sites is 2. The van der Waals surface area contributed by atoms with Gasteiger partial charge in [0.05, 0.1) is 17.1 Å². The lowest BCUT2D eigenvalue weighted by atomic mass is 9.99. The van der Waals surface area contributed by atoms with Gasteiger partial charge in [-0.25, -0.2) is 4.98 Å². The van der Waals surface area contributed by atoms with Gasteiger partial charge in [0.1, 0.15) is 6.33 Å². The highest BCUT2D eigenvalue weighted by molar-refractivity contribution is 5.98. The van der Waals surface area contributed by atoms with Crippen molar-refractivity contribution in [1.82, 2.24) is 14.5 Å². The summed E-state index contributed by atoms with van der Waals surface area (Å²) >= 11 is 0. The number of rotatable bonds is 4. The van der Waals surface area contributed by atoms with Gasteiger partial charge >= 0.3 is 0 Å². The molecule has 4 aromatic rings. The average Bonchev–Trinajstić information content (AvgIpc) is 3.26. The number of nitrogens with one attached hydrogen (secondary N) is 1. The van der Waals surface area contributed by atoms with E-state index in [1.807, 2.05) is 50.6 Å². The summed E-state index contributed by atoms with van der Waals surface area (Å²) in [6.45, 7) is 2.03. The van der Waals surface area contributed by atoms with Gasteiger partial charge in [-0.05, 0) is 66.9 Å². The Balaban J connectivity index is 1.35. The Morgan fingerprint density at radius 3 is 2.66 bits per heavy atom. The fourth-order valence-electron chi connectivity index (χ4n) is 4.20. The molecule has 0 aliphatic carbocycles. The van der Waals surface area contributed by atoms with E-state index in [4.69, 9.17) is 0 Å². The highest BCUT2D eigenvalue weighted by Gasteiger charge is 2.22. The summed E-state index contributed by atoms with van der Waals surface area (Å²) in [6, 6.07) is 21.7. The lowest BCUT2D eigenvalue weighted by Gasteiger charge is -2.26. The first-order chi connectivity index (χ1) is 15.5. The second-order valence-corrected chi connectivity index (χ2v) is 8.21. The Hall–Kier alpha value is -3.93. The molecule has 1 N–H and O–H groups in total. The number of imidazole rings is 1. The maximum absolute atomic E-state index is 13.1. The molecule has 1 aliphatic heterocycles. The van der Waals surface area contributed by atoms with E-state index in [9.17, 15) is 9.59 Å². The van der Waals surface area contributed by atoms with Crippen molar-refractivity contribution in [2.45, 2.75) is 25.8 Å². The van der Waals surface area contributed by atoms with Crippen molar-refractivity contribution in [2.24, 2.45) is 0 Å². The second-order valence-electron chi connectivity index (χ2n) is 8.21. The number of hydrogen-bond donors (Lipinski definition) is 1. The largest absolute Gasteiger partial charge is 0.335 e. The van der Waals surface area contributed by atoms with E-state index in [0.29, 0.717) is 18.4 Å². The standard InChI is InChI=1S/C26H24N4O2/c1-17(29(2)26(32)20-9-13-22-19(15-20)10-14-25(31)28-22)18-7-11-21(12-8-18)30-16-27-23-5-3-4-6-24(23)30/h3-9,11-13,15-17H,10,14H2,1-2H3,(H,28,31). The van der Waals surface area contributed by atoms with Crippen molar-refractivity contribution in [3.8, 4) is 5.69 Å². The SMILES string of the molecule is CC(c1ccc(-n2cnc3ccccc32)cc1)N(C)C(=O)c1ccc2c(c1)CCC(=O)N2. The predicted octanol–water partition coefficient (Wildman–Crippen LogP) is 4.74. The quantitative estimate of drug-likeness (QED) is 0.514. The van der Waals surface area contributed by atoms with Crippen LogP contribution >= 0.6 is 0 Å². The monoisotopic (exact) mass is 424 g/mol. The number of anilines is 1. The third kappa shape index (κ3) is 3.54. The lowest BCUT2D eigenvalue weighted by molar-refractivity contribution is -0.116. The molecular formula is C26H24N4O2. The zero-order valence-electron chi connectivity index (χ0n) is 18.1. The van der Waals surface area contributed by atoms with Crippen LogP contribution in [0.4, 0.5) is 5.69 Å². The van der Waals surface area contributed by atoms with Gasteiger partial charge in [-0.15, -0.1) is 0 Å². The molecule has 160 valence electrons. The second kappa shape index (κ2) is 7.96. The van der Waals surface area contributed by atoms with Crippen LogP contribution in [0, 0.1) is 0 Å². The first-order valence-corrected chi connectivity index (χ1v) is 10.7. The molecule has 2 heterocycles. The van der Waals surface area contributed by atoms with Crippen molar-refractivity contribution >= 4 is 28.5 Å². The van der Waals surface area contributed by atoms with Crippen LogP contribution in [0.15, 0.2) is 73.1 Å². The molecule has 3 aromatic carbocycles. The predicted molar refractivity (Wildman–Crippen MR) is 125 cm³/mol. The highest BCUT2D eigenvalue weighted by atomic mass is 16.2. The van der Waals surface area contributed by atoms with Crippen LogP contribution in [-0.2, 0) is 11.2 Å². The van der Waals surface area contributed by atoms with E-state index >= 15 is 0 Å². The first-order valence-electron chi connectivity index (χ1n) is 10.7. The minimum atomic E-state index is -0.0909. The molecule has 32 heavy (non-hydrogen) atoms. The van der Waals surface area contributed by atoms with Crippen LogP contribution in [0.1, 0.15) is 40.9 Å². The molecule has 1 aromatic heterocycles. The van der Waals surface area contributed by atoms with Gasteiger partial charge in [-0.2, -0.15) is 0 Å². The van der Waals surface area contributed by atoms with Crippen molar-refractivity contribution < 1.29 is 9.59 Å². The smallest absolute Gasteiger partial charge is 0.254 e. The molecule has 6 heteroatoms. The Bertz CT molecular complexity index is 1320. The Kier molecular flexibility index (Phi) is 4.98. The molecule has 1 atom stereocenters. The number of fused-ring (bicyclic) bond motifs is 2. The average molecular weight is 425 g/mol. The van der Waals surface area contributed by atoms with Crippen molar-refractivity contribution in [1.29, 1.82) is 0 Å². The number of aryl methyl sites for hydroxylation is 1. The fraction of sp³-hybridized carbons (Fsp3) is 0.192. The summed E-state index contributed by atoms with van der Waals surface area (Å²) < 4.78 is 2.06. The molecule has 0 bridgehead atoms. The zero-order valence-corrected chi connectivity index (χ0v) is 18.1. The Labute approximate surface area is 186 Å². The number of carbonyl (C=O) groups is 2. The van der Waals surface area contributed by atoms with Crippen LogP contribution in [0.25, 0.3) is 16.7 Å². The lowest BCUT2D eigenvalue weighted by Crippen LogP contribution is -2.30. The topological polar surface area (TPSA) is 67.2 Å². The van der Waals surface area contributed by atoms with E-state index in [1.165, 1.54) is 0 Å². The van der Waals surface area contributed by atoms with Crippen LogP contribution in [0.2, 0.25) is 0 Å². The minimum absolute atomic E-state index is 0.0226. The molecular weight excluding hydrogens is 400 g/mol. The molecule has 1 aliphatic rings. The van der Waals surface area contributed by atoms with Crippen LogP contribution in [0.3, 0.4) is 0 Å². The Morgan fingerprint density at radius 1 is 1.06 bits per heavy atom. The van der Waals surface area contributed by atoms with Gasteiger partial charge in [-0.1, -0.05) is 24.3 Å². The molecule has 0 fully saturated rings. The first kappa shape index (κ1) is 20.0. The number of benzene rings is 3. The van der Waals surface area contributed by atoms with E-state index in [1.54, 1.807) is 11.0 Å². The normalized spacial score (nSPS) is 14.0. The number of carbonyl (C=O) groups excluding carboxylic acids is 2. The fourth-order valence-corrected chi connectivity index (χ4v) is 4.20. The summed E-state index contributed by atoms with van der Waals surface area (Å²) in [5, 5.41) is 2.86. The van der Waals surface area contributed by atoms with Crippen molar-refractivity contribution in [2.75, 3.05) is 12.4 Å². The molecule has 0 saturated heterocycles. The van der Waals surface area contributed by atoms with Gasteiger partial charge < -0.3 is 10.2 Å². The van der Waals surface area contributed by atoms with Crippen molar-refractivity contribution in [3.63, 3.8) is 0 Å². The number of aromatic nitrogens is 2. The van der Waals surface area contributed by atoms with Gasteiger partial charge in [0.25, 0.3) is 5.91 Å². The van der Waals surface area contributed by atoms with Crippen molar-refractivity contribution in [3.05, 3.63) is 89.7 Å². The van der Waals surface area contributed by atoms with Crippen LogP contribution < -0.4 is 5.32 Å². The maximum Gasteiger partial charge on any atom is 0.254 e.